The number of carbonyl (C=O) groups is 1. The number of likely N-dealkylation sites (tertiary alicyclic amines) is 1. The van der Waals surface area contributed by atoms with Crippen molar-refractivity contribution in [2.75, 3.05) is 19.7 Å². The molecule has 0 aromatic rings. The number of ether oxygens (including phenoxy) is 2. The molecule has 160 valence electrons. The van der Waals surface area contributed by atoms with Gasteiger partial charge in [-0.25, -0.2) is 0 Å². The standard InChI is InChI=1S/C24H35NO4/c1-14-16-5-8-24(20(14)28-15(2)27)18(11-16)23-7-4-6-22(3)13-25(9-10-26)21(23)29-19(24)12-17(22)23/h16-21,26H,1,4-13H2,2-3H3/t16-,17+,18-,19+,20-,21+,22-,23+,24+/m0/s1. The number of aliphatic hydroxyl groups excluding tert-OH is 1. The van der Waals surface area contributed by atoms with E-state index in [2.05, 4.69) is 18.4 Å². The summed E-state index contributed by atoms with van der Waals surface area (Å²) in [5.41, 5.74) is 1.49. The lowest BCUT2D eigenvalue weighted by Crippen LogP contribution is -2.82. The Morgan fingerprint density at radius 1 is 1.28 bits per heavy atom. The zero-order chi connectivity index (χ0) is 20.2. The second kappa shape index (κ2) is 5.86. The molecule has 2 spiro atoms. The van der Waals surface area contributed by atoms with E-state index in [0.29, 0.717) is 29.7 Å². The van der Waals surface area contributed by atoms with E-state index < -0.39 is 0 Å². The number of aliphatic hydroxyl groups is 1. The zero-order valence-corrected chi connectivity index (χ0v) is 17.9. The van der Waals surface area contributed by atoms with Crippen LogP contribution < -0.4 is 0 Å². The van der Waals surface area contributed by atoms with Crippen LogP contribution in [0.2, 0.25) is 0 Å². The van der Waals surface area contributed by atoms with Gasteiger partial charge in [0.15, 0.2) is 0 Å². The fraction of sp³-hybridized carbons (Fsp3) is 0.875. The van der Waals surface area contributed by atoms with Crippen molar-refractivity contribution in [3.8, 4) is 0 Å². The Bertz CT molecular complexity index is 768. The lowest BCUT2D eigenvalue weighted by molar-refractivity contribution is -0.405. The molecule has 7 bridgehead atoms. The van der Waals surface area contributed by atoms with Crippen molar-refractivity contribution in [3.05, 3.63) is 12.2 Å². The Kier molecular flexibility index (Phi) is 3.81. The molecule has 1 N–H and O–H groups in total. The van der Waals surface area contributed by atoms with Gasteiger partial charge in [0.2, 0.25) is 0 Å². The summed E-state index contributed by atoms with van der Waals surface area (Å²) >= 11 is 0. The maximum Gasteiger partial charge on any atom is 0.303 e. The van der Waals surface area contributed by atoms with Gasteiger partial charge < -0.3 is 14.6 Å². The predicted octanol–water partition coefficient (Wildman–Crippen LogP) is 3.12. The first-order valence-corrected chi connectivity index (χ1v) is 11.7. The maximum absolute atomic E-state index is 12.1. The van der Waals surface area contributed by atoms with E-state index in [1.807, 2.05) is 0 Å². The highest BCUT2D eigenvalue weighted by atomic mass is 16.6. The minimum Gasteiger partial charge on any atom is -0.457 e. The second-order valence-corrected chi connectivity index (χ2v) is 11.3. The van der Waals surface area contributed by atoms with Crippen LogP contribution in [0.1, 0.15) is 58.8 Å². The van der Waals surface area contributed by atoms with Gasteiger partial charge >= 0.3 is 5.97 Å². The van der Waals surface area contributed by atoms with Crippen LogP contribution in [0.25, 0.3) is 0 Å². The summed E-state index contributed by atoms with van der Waals surface area (Å²) in [5.74, 6) is 1.50. The molecule has 9 atom stereocenters. The van der Waals surface area contributed by atoms with Gasteiger partial charge in [-0.3, -0.25) is 9.69 Å². The van der Waals surface area contributed by atoms with Gasteiger partial charge in [0.1, 0.15) is 12.3 Å². The van der Waals surface area contributed by atoms with E-state index in [4.69, 9.17) is 9.47 Å². The first-order valence-electron chi connectivity index (χ1n) is 11.7. The smallest absolute Gasteiger partial charge is 0.303 e. The van der Waals surface area contributed by atoms with E-state index in [1.54, 1.807) is 0 Å². The Labute approximate surface area is 173 Å². The lowest BCUT2D eigenvalue weighted by atomic mass is 9.32. The van der Waals surface area contributed by atoms with Gasteiger partial charge in [0, 0.05) is 30.8 Å². The Hall–Kier alpha value is -0.910. The molecule has 8 rings (SSSR count). The molecule has 0 unspecified atom stereocenters. The number of nitrogens with zero attached hydrogens (tertiary/aromatic N) is 1. The minimum absolute atomic E-state index is 0.0923. The largest absolute Gasteiger partial charge is 0.457 e. The van der Waals surface area contributed by atoms with Crippen molar-refractivity contribution in [2.24, 2.45) is 34.0 Å². The monoisotopic (exact) mass is 401 g/mol. The van der Waals surface area contributed by atoms with Crippen LogP contribution in [0.5, 0.6) is 0 Å². The number of carbonyl (C=O) groups excluding carboxylic acids is 1. The highest BCUT2D eigenvalue weighted by Gasteiger charge is 2.79. The first-order chi connectivity index (χ1) is 13.9. The average Bonchev–Trinajstić information content (AvgIpc) is 2.68. The number of rotatable bonds is 3. The van der Waals surface area contributed by atoms with Gasteiger partial charge in [-0.1, -0.05) is 19.9 Å². The molecule has 5 nitrogen and oxygen atoms in total. The molecule has 5 saturated carbocycles. The highest BCUT2D eigenvalue weighted by molar-refractivity contribution is 5.67. The fourth-order valence-corrected chi connectivity index (χ4v) is 9.62. The van der Waals surface area contributed by atoms with E-state index in [1.165, 1.54) is 32.6 Å². The van der Waals surface area contributed by atoms with Gasteiger partial charge in [0.05, 0.1) is 12.7 Å². The molecule has 8 fully saturated rings. The molecule has 29 heavy (non-hydrogen) atoms. The summed E-state index contributed by atoms with van der Waals surface area (Å²) in [7, 11) is 0. The molecule has 0 aromatic carbocycles. The van der Waals surface area contributed by atoms with E-state index in [0.717, 1.165) is 31.4 Å². The highest BCUT2D eigenvalue weighted by Crippen LogP contribution is 2.78. The summed E-state index contributed by atoms with van der Waals surface area (Å²) in [5, 5.41) is 9.78. The van der Waals surface area contributed by atoms with Gasteiger partial charge in [-0.15, -0.1) is 0 Å². The Morgan fingerprint density at radius 3 is 2.86 bits per heavy atom. The van der Waals surface area contributed by atoms with Crippen LogP contribution in [0.4, 0.5) is 0 Å². The van der Waals surface area contributed by atoms with Crippen molar-refractivity contribution < 1.29 is 19.4 Å². The van der Waals surface area contributed by atoms with Crippen molar-refractivity contribution in [3.63, 3.8) is 0 Å². The van der Waals surface area contributed by atoms with E-state index in [-0.39, 0.29) is 41.8 Å². The number of piperidine rings is 1. The molecule has 8 aliphatic rings. The number of hydrogen-bond donors (Lipinski definition) is 1. The number of hydrogen-bond acceptors (Lipinski definition) is 5. The molecule has 3 saturated heterocycles. The molecule has 5 heteroatoms. The van der Waals surface area contributed by atoms with E-state index >= 15 is 0 Å². The minimum atomic E-state index is -0.189. The quantitative estimate of drug-likeness (QED) is 0.582. The Morgan fingerprint density at radius 2 is 2.10 bits per heavy atom. The number of esters is 1. The van der Waals surface area contributed by atoms with Gasteiger partial charge in [-0.05, 0) is 67.3 Å². The topological polar surface area (TPSA) is 59.0 Å². The summed E-state index contributed by atoms with van der Waals surface area (Å²) in [6.45, 7) is 10.4. The number of fused-ring (bicyclic) bond motifs is 2. The lowest BCUT2D eigenvalue weighted by Gasteiger charge is -2.79. The zero-order valence-electron chi connectivity index (χ0n) is 17.9. The normalized spacial score (nSPS) is 54.9. The maximum atomic E-state index is 12.1. The Balaban J connectivity index is 1.51. The fourth-order valence-electron chi connectivity index (χ4n) is 9.62. The summed E-state index contributed by atoms with van der Waals surface area (Å²) in [6.07, 6.45) is 8.38. The van der Waals surface area contributed by atoms with Crippen molar-refractivity contribution in [1.82, 2.24) is 4.90 Å². The summed E-state index contributed by atoms with van der Waals surface area (Å²) < 4.78 is 13.0. The third kappa shape index (κ3) is 2.06. The average molecular weight is 402 g/mol. The molecule has 5 aliphatic carbocycles. The number of β-amino-alcohol motifs (C(OH)–C–C–N with tert-alkyl or cyclic N) is 1. The molecule has 0 aromatic heterocycles. The van der Waals surface area contributed by atoms with Crippen LogP contribution in [0.15, 0.2) is 12.2 Å². The van der Waals surface area contributed by atoms with Crippen molar-refractivity contribution in [2.45, 2.75) is 77.2 Å². The molecular formula is C24H35NO4. The van der Waals surface area contributed by atoms with Crippen LogP contribution in [0, 0.1) is 34.0 Å². The summed E-state index contributed by atoms with van der Waals surface area (Å²) in [4.78, 5) is 14.5. The van der Waals surface area contributed by atoms with Crippen LogP contribution >= 0.6 is 0 Å². The predicted molar refractivity (Wildman–Crippen MR) is 108 cm³/mol. The first kappa shape index (κ1) is 18.8. The van der Waals surface area contributed by atoms with Crippen LogP contribution in [-0.4, -0.2) is 54.1 Å². The molecule has 0 amide bonds. The van der Waals surface area contributed by atoms with E-state index in [9.17, 15) is 9.90 Å². The third-order valence-electron chi connectivity index (χ3n) is 10.3. The van der Waals surface area contributed by atoms with Gasteiger partial charge in [-0.2, -0.15) is 0 Å². The van der Waals surface area contributed by atoms with Gasteiger partial charge in [0.25, 0.3) is 0 Å². The molecule has 0 radical (unpaired) electrons. The summed E-state index contributed by atoms with van der Waals surface area (Å²) in [6, 6.07) is 0. The van der Waals surface area contributed by atoms with Crippen LogP contribution in [0.3, 0.4) is 0 Å². The molecular weight excluding hydrogens is 366 g/mol. The van der Waals surface area contributed by atoms with Crippen molar-refractivity contribution >= 4 is 5.97 Å². The molecule has 3 heterocycles. The third-order valence-corrected chi connectivity index (χ3v) is 10.3. The molecule has 3 aliphatic heterocycles. The van der Waals surface area contributed by atoms with Crippen molar-refractivity contribution in [1.29, 1.82) is 0 Å². The SMILES string of the molecule is C=C1[C@H]2CC[C@]3([C@@H](C2)[C@]24CCC[C@@]5(C)CN(CCO)[C@@H]2O[C@@H]3C[C@H]54)[C@H]1OC(C)=O. The second-order valence-electron chi connectivity index (χ2n) is 11.3. The van der Waals surface area contributed by atoms with Crippen LogP contribution in [-0.2, 0) is 14.3 Å².